The molecule has 0 bridgehead atoms. The molecule has 1 unspecified atom stereocenters. The van der Waals surface area contributed by atoms with Gasteiger partial charge in [-0.3, -0.25) is 0 Å². The summed E-state index contributed by atoms with van der Waals surface area (Å²) >= 11 is 0. The molecule has 1 atom stereocenters. The van der Waals surface area contributed by atoms with E-state index in [-0.39, 0.29) is 12.1 Å². The van der Waals surface area contributed by atoms with Crippen molar-refractivity contribution in [2.24, 2.45) is 5.73 Å². The smallest absolute Gasteiger partial charge is 0.218 e. The van der Waals surface area contributed by atoms with Gasteiger partial charge in [0.05, 0.1) is 0 Å². The number of likely N-dealkylation sites (tertiary alicyclic amines) is 1. The highest BCUT2D eigenvalue weighted by Gasteiger charge is 2.20. The van der Waals surface area contributed by atoms with Crippen LogP contribution in [0.15, 0.2) is 18.3 Å². The van der Waals surface area contributed by atoms with Crippen LogP contribution in [0, 0.1) is 0 Å². The summed E-state index contributed by atoms with van der Waals surface area (Å²) in [5.41, 5.74) is 6.91. The average Bonchev–Trinajstić information content (AvgIpc) is 2.32. The number of aromatic nitrogens is 1. The van der Waals surface area contributed by atoms with Gasteiger partial charge in [0.15, 0.2) is 0 Å². The Labute approximate surface area is 103 Å². The summed E-state index contributed by atoms with van der Waals surface area (Å²) in [6, 6.07) is 3.85. The normalized spacial score (nSPS) is 20.2. The molecule has 0 aromatic carbocycles. The van der Waals surface area contributed by atoms with Crippen molar-refractivity contribution in [2.45, 2.75) is 31.9 Å². The van der Waals surface area contributed by atoms with Crippen LogP contribution in [-0.2, 0) is 0 Å². The number of piperidine rings is 1. The maximum Gasteiger partial charge on any atom is 0.218 e. The van der Waals surface area contributed by atoms with Gasteiger partial charge in [0, 0.05) is 30.9 Å². The summed E-state index contributed by atoms with van der Waals surface area (Å²) in [5, 5.41) is 0. The van der Waals surface area contributed by atoms with E-state index in [1.165, 1.54) is 0 Å². The van der Waals surface area contributed by atoms with Gasteiger partial charge < -0.3 is 15.4 Å². The molecule has 4 heteroatoms. The second-order valence-corrected chi connectivity index (χ2v) is 4.81. The number of pyridine rings is 1. The van der Waals surface area contributed by atoms with Gasteiger partial charge in [-0.05, 0) is 32.9 Å². The van der Waals surface area contributed by atoms with Crippen LogP contribution in [0.4, 0.5) is 0 Å². The summed E-state index contributed by atoms with van der Waals surface area (Å²) in [6.07, 6.45) is 4.16. The van der Waals surface area contributed by atoms with Gasteiger partial charge >= 0.3 is 0 Å². The fourth-order valence-corrected chi connectivity index (χ4v) is 2.11. The fraction of sp³-hybridized carbons (Fsp3) is 0.615. The van der Waals surface area contributed by atoms with E-state index in [1.54, 1.807) is 6.20 Å². The van der Waals surface area contributed by atoms with E-state index in [0.717, 1.165) is 31.5 Å². The molecule has 2 rings (SSSR count). The van der Waals surface area contributed by atoms with Crippen LogP contribution in [0.2, 0.25) is 0 Å². The zero-order valence-electron chi connectivity index (χ0n) is 10.6. The Morgan fingerprint density at radius 1 is 1.47 bits per heavy atom. The van der Waals surface area contributed by atoms with Gasteiger partial charge in [0.25, 0.3) is 0 Å². The summed E-state index contributed by atoms with van der Waals surface area (Å²) in [4.78, 5) is 6.62. The van der Waals surface area contributed by atoms with Crippen LogP contribution in [0.5, 0.6) is 5.88 Å². The van der Waals surface area contributed by atoms with Crippen molar-refractivity contribution < 1.29 is 4.74 Å². The Hall–Kier alpha value is -1.13. The predicted molar refractivity (Wildman–Crippen MR) is 68.0 cm³/mol. The Bertz CT molecular complexity index is 359. The maximum atomic E-state index is 5.98. The van der Waals surface area contributed by atoms with Crippen molar-refractivity contribution >= 4 is 0 Å². The molecule has 0 saturated carbocycles. The van der Waals surface area contributed by atoms with Crippen LogP contribution in [-0.4, -0.2) is 36.1 Å². The second kappa shape index (κ2) is 5.47. The molecule has 2 heterocycles. The summed E-state index contributed by atoms with van der Waals surface area (Å²) < 4.78 is 5.98. The molecule has 2 N–H and O–H groups in total. The minimum absolute atomic E-state index is 0.0371. The standard InChI is InChI=1S/C13H21N3O/c1-10(14)12-4-3-7-15-13(12)17-11-5-8-16(2)9-6-11/h3-4,7,10-11H,5-6,8-9,14H2,1-2H3. The highest BCUT2D eigenvalue weighted by Crippen LogP contribution is 2.23. The molecule has 1 fully saturated rings. The first kappa shape index (κ1) is 12.3. The molecule has 1 saturated heterocycles. The highest BCUT2D eigenvalue weighted by molar-refractivity contribution is 5.28. The average molecular weight is 235 g/mol. The minimum Gasteiger partial charge on any atom is -0.474 e. The van der Waals surface area contributed by atoms with E-state index < -0.39 is 0 Å². The van der Waals surface area contributed by atoms with Crippen molar-refractivity contribution in [1.29, 1.82) is 0 Å². The summed E-state index contributed by atoms with van der Waals surface area (Å²) in [6.45, 7) is 4.13. The van der Waals surface area contributed by atoms with Gasteiger partial charge in [0.2, 0.25) is 5.88 Å². The molecule has 0 radical (unpaired) electrons. The quantitative estimate of drug-likeness (QED) is 0.864. The number of rotatable bonds is 3. The number of hydrogen-bond acceptors (Lipinski definition) is 4. The zero-order chi connectivity index (χ0) is 12.3. The highest BCUT2D eigenvalue weighted by atomic mass is 16.5. The van der Waals surface area contributed by atoms with E-state index in [2.05, 4.69) is 16.9 Å². The fourth-order valence-electron chi connectivity index (χ4n) is 2.11. The lowest BCUT2D eigenvalue weighted by Crippen LogP contribution is -2.36. The van der Waals surface area contributed by atoms with Crippen LogP contribution >= 0.6 is 0 Å². The number of nitrogens with two attached hydrogens (primary N) is 1. The third-order valence-electron chi connectivity index (χ3n) is 3.24. The minimum atomic E-state index is -0.0371. The zero-order valence-corrected chi connectivity index (χ0v) is 10.6. The third kappa shape index (κ3) is 3.17. The van der Waals surface area contributed by atoms with E-state index in [0.29, 0.717) is 5.88 Å². The Kier molecular flexibility index (Phi) is 3.97. The Morgan fingerprint density at radius 3 is 2.82 bits per heavy atom. The lowest BCUT2D eigenvalue weighted by atomic mass is 10.1. The lowest BCUT2D eigenvalue weighted by molar-refractivity contribution is 0.108. The third-order valence-corrected chi connectivity index (χ3v) is 3.24. The van der Waals surface area contributed by atoms with Crippen molar-refractivity contribution in [3.8, 4) is 5.88 Å². The second-order valence-electron chi connectivity index (χ2n) is 4.81. The molecular weight excluding hydrogens is 214 g/mol. The van der Waals surface area contributed by atoms with E-state index in [1.807, 2.05) is 19.1 Å². The van der Waals surface area contributed by atoms with Crippen LogP contribution in [0.25, 0.3) is 0 Å². The van der Waals surface area contributed by atoms with E-state index in [9.17, 15) is 0 Å². The van der Waals surface area contributed by atoms with Crippen molar-refractivity contribution in [2.75, 3.05) is 20.1 Å². The number of hydrogen-bond donors (Lipinski definition) is 1. The first-order chi connectivity index (χ1) is 8.16. The van der Waals surface area contributed by atoms with Gasteiger partial charge in [-0.2, -0.15) is 0 Å². The largest absolute Gasteiger partial charge is 0.474 e. The SMILES string of the molecule is CC(N)c1cccnc1OC1CCN(C)CC1. The molecule has 0 aliphatic carbocycles. The molecule has 1 aromatic rings. The molecule has 0 amide bonds. The van der Waals surface area contributed by atoms with E-state index >= 15 is 0 Å². The van der Waals surface area contributed by atoms with Crippen molar-refractivity contribution in [3.63, 3.8) is 0 Å². The van der Waals surface area contributed by atoms with Crippen LogP contribution in [0.3, 0.4) is 0 Å². The molecular formula is C13H21N3O. The van der Waals surface area contributed by atoms with E-state index in [4.69, 9.17) is 10.5 Å². The molecule has 4 nitrogen and oxygen atoms in total. The molecule has 0 spiro atoms. The van der Waals surface area contributed by atoms with Gasteiger partial charge in [-0.15, -0.1) is 0 Å². The topological polar surface area (TPSA) is 51.4 Å². The summed E-state index contributed by atoms with van der Waals surface area (Å²) in [5.74, 6) is 0.706. The first-order valence-electron chi connectivity index (χ1n) is 6.22. The lowest BCUT2D eigenvalue weighted by Gasteiger charge is -2.29. The Balaban J connectivity index is 2.03. The first-order valence-corrected chi connectivity index (χ1v) is 6.22. The van der Waals surface area contributed by atoms with Crippen LogP contribution < -0.4 is 10.5 Å². The van der Waals surface area contributed by atoms with Crippen LogP contribution in [0.1, 0.15) is 31.4 Å². The van der Waals surface area contributed by atoms with Gasteiger partial charge in [-0.1, -0.05) is 6.07 Å². The predicted octanol–water partition coefficient (Wildman–Crippen LogP) is 1.57. The molecule has 1 aromatic heterocycles. The number of nitrogens with zero attached hydrogens (tertiary/aromatic N) is 2. The number of ether oxygens (including phenoxy) is 1. The molecule has 17 heavy (non-hydrogen) atoms. The molecule has 94 valence electrons. The summed E-state index contributed by atoms with van der Waals surface area (Å²) in [7, 11) is 2.14. The monoisotopic (exact) mass is 235 g/mol. The van der Waals surface area contributed by atoms with Crippen molar-refractivity contribution in [3.05, 3.63) is 23.9 Å². The van der Waals surface area contributed by atoms with Gasteiger partial charge in [-0.25, -0.2) is 4.98 Å². The maximum absolute atomic E-state index is 5.98. The molecule has 1 aliphatic heterocycles. The Morgan fingerprint density at radius 2 is 2.18 bits per heavy atom. The molecule has 1 aliphatic rings. The van der Waals surface area contributed by atoms with Crippen molar-refractivity contribution in [1.82, 2.24) is 9.88 Å². The van der Waals surface area contributed by atoms with Gasteiger partial charge in [0.1, 0.15) is 6.10 Å².